The van der Waals surface area contributed by atoms with Crippen LogP contribution >= 0.6 is 11.6 Å². The summed E-state index contributed by atoms with van der Waals surface area (Å²) in [6, 6.07) is 2.47. The molecule has 1 aromatic carbocycles. The van der Waals surface area contributed by atoms with E-state index in [1.807, 2.05) is 0 Å². The first-order valence-corrected chi connectivity index (χ1v) is 8.18. The lowest BCUT2D eigenvalue weighted by molar-refractivity contribution is -0.138. The molecule has 2 bridgehead atoms. The van der Waals surface area contributed by atoms with E-state index in [0.717, 1.165) is 12.1 Å². The fourth-order valence-corrected chi connectivity index (χ4v) is 4.34. The first-order valence-electron chi connectivity index (χ1n) is 7.80. The molecule has 2 fully saturated rings. The predicted octanol–water partition coefficient (Wildman–Crippen LogP) is 2.55. The Kier molecular flexibility index (Phi) is 3.43. The molecule has 3 aliphatic rings. The lowest BCUT2D eigenvalue weighted by Gasteiger charge is -2.27. The number of carbonyl (C=O) groups is 2. The average Bonchev–Trinajstić information content (AvgIpc) is 3.13. The van der Waals surface area contributed by atoms with Crippen molar-refractivity contribution in [3.63, 3.8) is 0 Å². The lowest BCUT2D eigenvalue weighted by Crippen LogP contribution is -2.43. The monoisotopic (exact) mass is 387 g/mol. The van der Waals surface area contributed by atoms with Crippen LogP contribution < -0.4 is 4.90 Å². The van der Waals surface area contributed by atoms with Gasteiger partial charge >= 0.3 is 6.18 Å². The fourth-order valence-electron chi connectivity index (χ4n) is 4.14. The van der Waals surface area contributed by atoms with Crippen molar-refractivity contribution in [3.05, 3.63) is 40.9 Å². The van der Waals surface area contributed by atoms with Crippen LogP contribution in [0.3, 0.4) is 0 Å². The van der Waals surface area contributed by atoms with Crippen LogP contribution in [0, 0.1) is 11.8 Å². The molecule has 5 nitrogen and oxygen atoms in total. The highest BCUT2D eigenvalue weighted by Crippen LogP contribution is 2.58. The summed E-state index contributed by atoms with van der Waals surface area (Å²) in [6.45, 7) is 1.08. The normalized spacial score (nSPS) is 35.5. The Hall–Kier alpha value is -1.90. The van der Waals surface area contributed by atoms with Crippen LogP contribution in [0.1, 0.15) is 12.5 Å². The number of nitrogens with zero attached hydrogens (tertiary/aromatic N) is 1. The molecule has 3 heterocycles. The highest BCUT2D eigenvalue weighted by Gasteiger charge is 2.72. The van der Waals surface area contributed by atoms with Gasteiger partial charge in [-0.1, -0.05) is 23.8 Å². The van der Waals surface area contributed by atoms with Gasteiger partial charge in [0.25, 0.3) is 0 Å². The first-order chi connectivity index (χ1) is 12.0. The fraction of sp³-hybridized carbons (Fsp3) is 0.412. The van der Waals surface area contributed by atoms with Crippen molar-refractivity contribution < 1.29 is 32.6 Å². The van der Waals surface area contributed by atoms with Gasteiger partial charge in [0.05, 0.1) is 40.3 Å². The summed E-state index contributed by atoms with van der Waals surface area (Å²) in [5.41, 5.74) is -3.80. The predicted molar refractivity (Wildman–Crippen MR) is 84.4 cm³/mol. The van der Waals surface area contributed by atoms with Gasteiger partial charge in [0.2, 0.25) is 11.8 Å². The van der Waals surface area contributed by atoms with Gasteiger partial charge in [-0.25, -0.2) is 4.90 Å². The van der Waals surface area contributed by atoms with Crippen LogP contribution in [0.25, 0.3) is 0 Å². The highest BCUT2D eigenvalue weighted by molar-refractivity contribution is 6.36. The van der Waals surface area contributed by atoms with Crippen LogP contribution in [0.4, 0.5) is 18.9 Å². The number of benzene rings is 1. The molecule has 3 aliphatic heterocycles. The van der Waals surface area contributed by atoms with E-state index in [-0.39, 0.29) is 10.7 Å². The Morgan fingerprint density at radius 1 is 1.23 bits per heavy atom. The Morgan fingerprint density at radius 3 is 2.50 bits per heavy atom. The number of aliphatic hydroxyl groups excluding tert-OH is 1. The van der Waals surface area contributed by atoms with Gasteiger partial charge in [-0.15, -0.1) is 0 Å². The van der Waals surface area contributed by atoms with Crippen LogP contribution in [0.2, 0.25) is 5.02 Å². The second-order valence-electron chi connectivity index (χ2n) is 6.86. The maximum Gasteiger partial charge on any atom is 0.416 e. The number of hydrogen-bond donors (Lipinski definition) is 1. The SMILES string of the molecule is C[C@]12C=C[C@@](CO)(O1)[C@@H]1C(=O)N(c3cc(C(F)(F)F)ccc3Cl)C(=O)[C@@H]12. The Bertz CT molecular complexity index is 870. The second kappa shape index (κ2) is 5.09. The van der Waals surface area contributed by atoms with Crippen molar-refractivity contribution >= 4 is 29.1 Å². The molecule has 9 heteroatoms. The van der Waals surface area contributed by atoms with E-state index >= 15 is 0 Å². The van der Waals surface area contributed by atoms with Crippen molar-refractivity contribution in [3.8, 4) is 0 Å². The number of rotatable bonds is 2. The Labute approximate surface area is 151 Å². The lowest BCUT2D eigenvalue weighted by atomic mass is 9.73. The van der Waals surface area contributed by atoms with Crippen molar-refractivity contribution in [1.29, 1.82) is 0 Å². The standard InChI is InChI=1S/C17H13ClF3NO4/c1-15-4-5-16(7-23,26-15)12-11(15)13(24)22(14(12)25)10-6-8(17(19,20)21)2-3-9(10)18/h2-6,11-12,23H,7H2,1H3/t11-,12+,15-,16+/m1/s1. The van der Waals surface area contributed by atoms with Crippen LogP contribution in [0.5, 0.6) is 0 Å². The largest absolute Gasteiger partial charge is 0.416 e. The number of fused-ring (bicyclic) bond motifs is 5. The van der Waals surface area contributed by atoms with Crippen LogP contribution in [0.15, 0.2) is 30.4 Å². The maximum atomic E-state index is 13.0. The van der Waals surface area contributed by atoms with Crippen molar-refractivity contribution in [2.45, 2.75) is 24.3 Å². The molecule has 2 amide bonds. The van der Waals surface area contributed by atoms with Crippen LogP contribution in [-0.2, 0) is 20.5 Å². The molecule has 138 valence electrons. The molecular formula is C17H13ClF3NO4. The zero-order valence-electron chi connectivity index (χ0n) is 13.4. The number of imide groups is 1. The Balaban J connectivity index is 1.82. The second-order valence-corrected chi connectivity index (χ2v) is 7.27. The minimum Gasteiger partial charge on any atom is -0.393 e. The summed E-state index contributed by atoms with van der Waals surface area (Å²) in [4.78, 5) is 26.6. The third-order valence-electron chi connectivity index (χ3n) is 5.32. The molecule has 1 N–H and O–H groups in total. The summed E-state index contributed by atoms with van der Waals surface area (Å²) in [6.07, 6.45) is -1.51. The summed E-state index contributed by atoms with van der Waals surface area (Å²) in [7, 11) is 0. The van der Waals surface area contributed by atoms with Crippen molar-refractivity contribution in [2.24, 2.45) is 11.8 Å². The van der Waals surface area contributed by atoms with E-state index in [9.17, 15) is 27.9 Å². The van der Waals surface area contributed by atoms with E-state index in [1.54, 1.807) is 13.0 Å². The van der Waals surface area contributed by atoms with Crippen LogP contribution in [-0.4, -0.2) is 34.7 Å². The van der Waals surface area contributed by atoms with Gasteiger partial charge in [-0.05, 0) is 25.1 Å². The van der Waals surface area contributed by atoms with Gasteiger partial charge in [0, 0.05) is 0 Å². The van der Waals surface area contributed by atoms with E-state index in [4.69, 9.17) is 16.3 Å². The molecule has 0 spiro atoms. The molecule has 0 aliphatic carbocycles. The number of halogens is 4. The van der Waals surface area contributed by atoms with Gasteiger partial charge in [-0.2, -0.15) is 13.2 Å². The zero-order valence-corrected chi connectivity index (χ0v) is 14.1. The third kappa shape index (κ3) is 2.06. The third-order valence-corrected chi connectivity index (χ3v) is 5.64. The molecule has 4 atom stereocenters. The van der Waals surface area contributed by atoms with E-state index < -0.39 is 53.2 Å². The molecular weight excluding hydrogens is 375 g/mol. The minimum atomic E-state index is -4.65. The molecule has 2 saturated heterocycles. The van der Waals surface area contributed by atoms with Gasteiger partial charge in [-0.3, -0.25) is 9.59 Å². The highest BCUT2D eigenvalue weighted by atomic mass is 35.5. The molecule has 4 rings (SSSR count). The number of aliphatic hydroxyl groups is 1. The minimum absolute atomic E-state index is 0.149. The van der Waals surface area contributed by atoms with Crippen molar-refractivity contribution in [2.75, 3.05) is 11.5 Å². The number of hydrogen-bond acceptors (Lipinski definition) is 4. The average molecular weight is 388 g/mol. The zero-order chi connectivity index (χ0) is 19.1. The number of alkyl halides is 3. The summed E-state index contributed by atoms with van der Waals surface area (Å²) >= 11 is 6.00. The number of anilines is 1. The van der Waals surface area contributed by atoms with Gasteiger partial charge in [0.1, 0.15) is 5.60 Å². The quantitative estimate of drug-likeness (QED) is 0.625. The molecule has 0 radical (unpaired) electrons. The van der Waals surface area contributed by atoms with E-state index in [2.05, 4.69) is 0 Å². The number of amides is 2. The molecule has 26 heavy (non-hydrogen) atoms. The Morgan fingerprint density at radius 2 is 1.88 bits per heavy atom. The number of ether oxygens (including phenoxy) is 1. The van der Waals surface area contributed by atoms with Gasteiger partial charge < -0.3 is 9.84 Å². The molecule has 0 saturated carbocycles. The van der Waals surface area contributed by atoms with Crippen molar-refractivity contribution in [1.82, 2.24) is 0 Å². The summed E-state index contributed by atoms with van der Waals surface area (Å²) in [5, 5.41) is 9.59. The summed E-state index contributed by atoms with van der Waals surface area (Å²) in [5.74, 6) is -3.37. The topological polar surface area (TPSA) is 66.8 Å². The number of carbonyl (C=O) groups excluding carboxylic acids is 2. The maximum absolute atomic E-state index is 13.0. The summed E-state index contributed by atoms with van der Waals surface area (Å²) < 4.78 is 44.8. The van der Waals surface area contributed by atoms with E-state index in [1.165, 1.54) is 6.08 Å². The molecule has 0 unspecified atom stereocenters. The van der Waals surface area contributed by atoms with E-state index in [0.29, 0.717) is 11.0 Å². The van der Waals surface area contributed by atoms with Gasteiger partial charge in [0.15, 0.2) is 0 Å². The first kappa shape index (κ1) is 17.5. The molecule has 0 aromatic heterocycles. The smallest absolute Gasteiger partial charge is 0.393 e. The molecule has 1 aromatic rings.